The Morgan fingerprint density at radius 1 is 1.38 bits per heavy atom. The van der Waals surface area contributed by atoms with E-state index in [1.54, 1.807) is 0 Å². The first kappa shape index (κ1) is 11.0. The molecule has 16 heavy (non-hydrogen) atoms. The number of allylic oxidation sites excluding steroid dienone is 2. The van der Waals surface area contributed by atoms with Gasteiger partial charge in [-0.05, 0) is 30.5 Å². The van der Waals surface area contributed by atoms with Gasteiger partial charge in [-0.3, -0.25) is 0 Å². The zero-order chi connectivity index (χ0) is 11.5. The Labute approximate surface area is 101 Å². The molecule has 1 aromatic carbocycles. The lowest BCUT2D eigenvalue weighted by atomic mass is 10.0. The van der Waals surface area contributed by atoms with Gasteiger partial charge in [0.05, 0.1) is 5.57 Å². The summed E-state index contributed by atoms with van der Waals surface area (Å²) in [6, 6.07) is 9.76. The van der Waals surface area contributed by atoms with Gasteiger partial charge in [0.15, 0.2) is 0 Å². The van der Waals surface area contributed by atoms with Crippen molar-refractivity contribution >= 4 is 17.2 Å². The van der Waals surface area contributed by atoms with Crippen molar-refractivity contribution in [2.24, 2.45) is 0 Å². The minimum absolute atomic E-state index is 0.700. The van der Waals surface area contributed by atoms with E-state index in [2.05, 4.69) is 11.0 Å². The van der Waals surface area contributed by atoms with Gasteiger partial charge >= 0.3 is 0 Å². The van der Waals surface area contributed by atoms with Crippen LogP contribution in [0.15, 0.2) is 30.0 Å². The van der Waals surface area contributed by atoms with E-state index in [9.17, 15) is 5.26 Å². The van der Waals surface area contributed by atoms with Gasteiger partial charge in [0.2, 0.25) is 0 Å². The standard InChI is InChI=1S/C13H13ClN2/c1-16-8-2-3-13(16)12(9-15)10-4-6-11(14)7-5-10/h4-7H,2-3,8H2,1H3. The fourth-order valence-corrected chi connectivity index (χ4v) is 2.16. The van der Waals surface area contributed by atoms with Crippen molar-refractivity contribution in [2.75, 3.05) is 13.6 Å². The van der Waals surface area contributed by atoms with E-state index in [0.717, 1.165) is 36.2 Å². The van der Waals surface area contributed by atoms with Crippen LogP contribution < -0.4 is 0 Å². The molecule has 0 saturated carbocycles. The number of halogens is 1. The molecule has 0 amide bonds. The van der Waals surface area contributed by atoms with Gasteiger partial charge in [-0.15, -0.1) is 0 Å². The molecule has 1 fully saturated rings. The molecule has 0 N–H and O–H groups in total. The van der Waals surface area contributed by atoms with E-state index in [1.165, 1.54) is 0 Å². The molecule has 82 valence electrons. The van der Waals surface area contributed by atoms with E-state index >= 15 is 0 Å². The van der Waals surface area contributed by atoms with Crippen LogP contribution >= 0.6 is 11.6 Å². The first-order chi connectivity index (χ1) is 7.72. The molecule has 1 aliphatic heterocycles. The van der Waals surface area contributed by atoms with Gasteiger partial charge in [-0.2, -0.15) is 5.26 Å². The lowest BCUT2D eigenvalue weighted by Gasteiger charge is -2.14. The maximum absolute atomic E-state index is 9.26. The Kier molecular flexibility index (Phi) is 3.17. The topological polar surface area (TPSA) is 27.0 Å². The quantitative estimate of drug-likeness (QED) is 0.695. The Bertz CT molecular complexity index is 454. The van der Waals surface area contributed by atoms with Crippen molar-refractivity contribution in [3.8, 4) is 6.07 Å². The minimum atomic E-state index is 0.700. The summed E-state index contributed by atoms with van der Waals surface area (Å²) in [5, 5.41) is 9.96. The summed E-state index contributed by atoms with van der Waals surface area (Å²) in [4.78, 5) is 2.16. The highest BCUT2D eigenvalue weighted by molar-refractivity contribution is 6.30. The average molecular weight is 233 g/mol. The number of hydrogen-bond donors (Lipinski definition) is 0. The van der Waals surface area contributed by atoms with Gasteiger partial charge in [0, 0.05) is 24.3 Å². The molecule has 0 unspecified atom stereocenters. The van der Waals surface area contributed by atoms with E-state index in [-0.39, 0.29) is 0 Å². The highest BCUT2D eigenvalue weighted by Gasteiger charge is 2.18. The molecule has 1 saturated heterocycles. The van der Waals surface area contributed by atoms with Crippen LogP contribution in [0.1, 0.15) is 18.4 Å². The third kappa shape index (κ3) is 2.05. The molecule has 2 nitrogen and oxygen atoms in total. The molecule has 1 aromatic rings. The second kappa shape index (κ2) is 4.59. The van der Waals surface area contributed by atoms with Gasteiger partial charge in [0.25, 0.3) is 0 Å². The van der Waals surface area contributed by atoms with Gasteiger partial charge < -0.3 is 4.90 Å². The van der Waals surface area contributed by atoms with Crippen molar-refractivity contribution in [1.29, 1.82) is 5.26 Å². The van der Waals surface area contributed by atoms with Crippen LogP contribution in [0.25, 0.3) is 5.57 Å². The number of likely N-dealkylation sites (tertiary alicyclic amines) is 1. The van der Waals surface area contributed by atoms with Crippen molar-refractivity contribution in [3.05, 3.63) is 40.5 Å². The molecular weight excluding hydrogens is 220 g/mol. The second-order valence-corrected chi connectivity index (χ2v) is 4.40. The second-order valence-electron chi connectivity index (χ2n) is 3.97. The minimum Gasteiger partial charge on any atom is -0.377 e. The van der Waals surface area contributed by atoms with Crippen molar-refractivity contribution < 1.29 is 0 Å². The summed E-state index contributed by atoms with van der Waals surface area (Å²) >= 11 is 5.84. The van der Waals surface area contributed by atoms with Gasteiger partial charge in [-0.1, -0.05) is 23.7 Å². The Morgan fingerprint density at radius 2 is 2.06 bits per heavy atom. The monoisotopic (exact) mass is 232 g/mol. The first-order valence-corrected chi connectivity index (χ1v) is 5.70. The van der Waals surface area contributed by atoms with E-state index in [4.69, 9.17) is 11.6 Å². The van der Waals surface area contributed by atoms with E-state index < -0.39 is 0 Å². The van der Waals surface area contributed by atoms with Crippen molar-refractivity contribution in [3.63, 3.8) is 0 Å². The predicted octanol–water partition coefficient (Wildman–Crippen LogP) is 3.30. The predicted molar refractivity (Wildman–Crippen MR) is 65.8 cm³/mol. The highest BCUT2D eigenvalue weighted by Crippen LogP contribution is 2.28. The molecule has 2 rings (SSSR count). The highest BCUT2D eigenvalue weighted by atomic mass is 35.5. The summed E-state index contributed by atoms with van der Waals surface area (Å²) in [6.07, 6.45) is 2.12. The number of rotatable bonds is 1. The molecule has 0 spiro atoms. The molecule has 0 radical (unpaired) electrons. The first-order valence-electron chi connectivity index (χ1n) is 5.32. The third-order valence-electron chi connectivity index (χ3n) is 2.90. The lowest BCUT2D eigenvalue weighted by molar-refractivity contribution is 0.483. The third-order valence-corrected chi connectivity index (χ3v) is 3.15. The molecule has 0 atom stereocenters. The van der Waals surface area contributed by atoms with Crippen molar-refractivity contribution in [1.82, 2.24) is 4.90 Å². The Balaban J connectivity index is 2.44. The summed E-state index contributed by atoms with van der Waals surface area (Å²) in [5.41, 5.74) is 2.87. The summed E-state index contributed by atoms with van der Waals surface area (Å²) in [6.45, 7) is 1.04. The van der Waals surface area contributed by atoms with E-state index in [1.807, 2.05) is 31.3 Å². The number of nitrogens with zero attached hydrogens (tertiary/aromatic N) is 2. The fourth-order valence-electron chi connectivity index (χ4n) is 2.04. The maximum Gasteiger partial charge on any atom is 0.102 e. The van der Waals surface area contributed by atoms with Crippen LogP contribution in [0.3, 0.4) is 0 Å². The van der Waals surface area contributed by atoms with Crippen LogP contribution in [0.5, 0.6) is 0 Å². The maximum atomic E-state index is 9.26. The van der Waals surface area contributed by atoms with Crippen LogP contribution in [-0.2, 0) is 0 Å². The summed E-state index contributed by atoms with van der Waals surface area (Å²) in [7, 11) is 2.04. The zero-order valence-corrected chi connectivity index (χ0v) is 9.96. The normalized spacial score (nSPS) is 18.4. The lowest BCUT2D eigenvalue weighted by Crippen LogP contribution is -2.11. The smallest absolute Gasteiger partial charge is 0.102 e. The van der Waals surface area contributed by atoms with Crippen LogP contribution in [-0.4, -0.2) is 18.5 Å². The molecule has 3 heteroatoms. The molecule has 0 bridgehead atoms. The van der Waals surface area contributed by atoms with Crippen LogP contribution in [0.2, 0.25) is 5.02 Å². The molecule has 0 aliphatic carbocycles. The fraction of sp³-hybridized carbons (Fsp3) is 0.308. The SMILES string of the molecule is CN1CCCC1=C(C#N)c1ccc(Cl)cc1. The Morgan fingerprint density at radius 3 is 2.56 bits per heavy atom. The van der Waals surface area contributed by atoms with Gasteiger partial charge in [0.1, 0.15) is 6.07 Å². The summed E-state index contributed by atoms with van der Waals surface area (Å²) in [5.74, 6) is 0. The number of nitriles is 1. The average Bonchev–Trinajstić information content (AvgIpc) is 2.69. The Hall–Kier alpha value is -1.46. The molecule has 0 aromatic heterocycles. The van der Waals surface area contributed by atoms with Crippen LogP contribution in [0.4, 0.5) is 0 Å². The summed E-state index contributed by atoms with van der Waals surface area (Å²) < 4.78 is 0. The molecule has 1 aliphatic rings. The molecular formula is C13H13ClN2. The van der Waals surface area contributed by atoms with Crippen LogP contribution in [0, 0.1) is 11.3 Å². The number of hydrogen-bond acceptors (Lipinski definition) is 2. The zero-order valence-electron chi connectivity index (χ0n) is 9.20. The van der Waals surface area contributed by atoms with E-state index in [0.29, 0.717) is 5.02 Å². The largest absolute Gasteiger partial charge is 0.377 e. The molecule has 1 heterocycles. The number of benzene rings is 1. The van der Waals surface area contributed by atoms with Crippen molar-refractivity contribution in [2.45, 2.75) is 12.8 Å². The van der Waals surface area contributed by atoms with Gasteiger partial charge in [-0.25, -0.2) is 0 Å².